The number of hydrogen-bond donors (Lipinski definition) is 4. The number of allylic oxidation sites excluding steroid dienone is 5. The smallest absolute Gasteiger partial charge is 0.306 e. The maximum Gasteiger partial charge on any atom is 0.306 e. The number of carboxylic acids is 1. The molecule has 0 bridgehead atoms. The fourth-order valence-electron chi connectivity index (χ4n) is 8.85. The van der Waals surface area contributed by atoms with E-state index in [2.05, 4.69) is 46.8 Å². The standard InChI is InChI=1S/C30H46O5/c1-18(17-31)8-7-9-19(26(34)35)25-22(32)16-30(6)21-10-11-23-27(2,3)24(33)13-14-28(23,4)20(21)12-15-29(25,30)5/h8,10,12,19,22-25,31-33H,7,9,11,13-17H2,1-6H3,(H,34,35)/t19-,22-,23?,24-,25+,28-,29-,30+/m1/s1. The number of hydrogen-bond acceptors (Lipinski definition) is 4. The van der Waals surface area contributed by atoms with Crippen molar-refractivity contribution in [3.63, 3.8) is 0 Å². The topological polar surface area (TPSA) is 98.0 Å². The Morgan fingerprint density at radius 1 is 1.14 bits per heavy atom. The first-order valence-electron chi connectivity index (χ1n) is 13.5. The SMILES string of the molecule is CC(=CCC[C@@H](C(=O)O)[C@H]1[C@H](O)C[C@@]2(C)C3=CCC4C(C)(C)[C@H](O)CC[C@]4(C)C3=CC[C@]12C)CO. The van der Waals surface area contributed by atoms with Crippen LogP contribution in [-0.4, -0.2) is 45.2 Å². The van der Waals surface area contributed by atoms with E-state index < -0.39 is 18.0 Å². The molecule has 0 saturated heterocycles. The number of aliphatic hydroxyl groups is 3. The van der Waals surface area contributed by atoms with Crippen LogP contribution >= 0.6 is 0 Å². The first kappa shape index (κ1) is 26.6. The molecule has 5 heteroatoms. The van der Waals surface area contributed by atoms with Crippen LogP contribution in [0.3, 0.4) is 0 Å². The van der Waals surface area contributed by atoms with Crippen LogP contribution in [0, 0.1) is 39.4 Å². The van der Waals surface area contributed by atoms with E-state index in [1.54, 1.807) is 0 Å². The highest BCUT2D eigenvalue weighted by Gasteiger charge is 2.66. The summed E-state index contributed by atoms with van der Waals surface area (Å²) < 4.78 is 0. The summed E-state index contributed by atoms with van der Waals surface area (Å²) in [6.07, 6.45) is 10.7. The van der Waals surface area contributed by atoms with Crippen molar-refractivity contribution < 1.29 is 25.2 Å². The minimum absolute atomic E-state index is 0.0149. The lowest BCUT2D eigenvalue weighted by atomic mass is 9.44. The number of carboxylic acid groups (broad SMARTS) is 1. The third-order valence-corrected chi connectivity index (χ3v) is 11.2. The van der Waals surface area contributed by atoms with Crippen LogP contribution in [0.1, 0.15) is 86.5 Å². The minimum Gasteiger partial charge on any atom is -0.481 e. The maximum atomic E-state index is 12.5. The number of carbonyl (C=O) groups is 1. The van der Waals surface area contributed by atoms with Crippen molar-refractivity contribution in [1.82, 2.24) is 0 Å². The van der Waals surface area contributed by atoms with Crippen LogP contribution in [0.5, 0.6) is 0 Å². The summed E-state index contributed by atoms with van der Waals surface area (Å²) in [6.45, 7) is 13.1. The molecule has 0 aromatic rings. The predicted octanol–water partition coefficient (Wildman–Crippen LogP) is 5.26. The van der Waals surface area contributed by atoms with Gasteiger partial charge in [-0.25, -0.2) is 0 Å². The molecule has 0 amide bonds. The molecule has 2 saturated carbocycles. The van der Waals surface area contributed by atoms with Gasteiger partial charge in [0.05, 0.1) is 24.7 Å². The Morgan fingerprint density at radius 2 is 1.83 bits per heavy atom. The summed E-state index contributed by atoms with van der Waals surface area (Å²) in [5.74, 6) is -1.44. The fraction of sp³-hybridized carbons (Fsp3) is 0.767. The van der Waals surface area contributed by atoms with Crippen LogP contribution < -0.4 is 0 Å². The summed E-state index contributed by atoms with van der Waals surface area (Å²) in [5, 5.41) is 41.8. The van der Waals surface area contributed by atoms with E-state index in [-0.39, 0.29) is 40.3 Å². The van der Waals surface area contributed by atoms with Crippen LogP contribution in [0.25, 0.3) is 0 Å². The molecule has 2 fully saturated rings. The largest absolute Gasteiger partial charge is 0.481 e. The average Bonchev–Trinajstić information content (AvgIpc) is 2.99. The Balaban J connectivity index is 1.72. The summed E-state index contributed by atoms with van der Waals surface area (Å²) in [7, 11) is 0. The molecule has 4 aliphatic carbocycles. The highest BCUT2D eigenvalue weighted by atomic mass is 16.4. The molecule has 5 nitrogen and oxygen atoms in total. The van der Waals surface area contributed by atoms with Crippen molar-refractivity contribution in [1.29, 1.82) is 0 Å². The Labute approximate surface area is 211 Å². The molecule has 8 atom stereocenters. The number of rotatable bonds is 6. The first-order valence-corrected chi connectivity index (χ1v) is 13.5. The van der Waals surface area contributed by atoms with Gasteiger partial charge >= 0.3 is 5.97 Å². The van der Waals surface area contributed by atoms with Crippen molar-refractivity contribution in [3.05, 3.63) is 34.9 Å². The molecule has 0 aromatic carbocycles. The van der Waals surface area contributed by atoms with Crippen LogP contribution in [0.4, 0.5) is 0 Å². The first-order chi connectivity index (χ1) is 16.2. The second kappa shape index (κ2) is 8.85. The fourth-order valence-corrected chi connectivity index (χ4v) is 8.85. The lowest BCUT2D eigenvalue weighted by Crippen LogP contribution is -2.54. The van der Waals surface area contributed by atoms with Gasteiger partial charge in [-0.3, -0.25) is 4.79 Å². The van der Waals surface area contributed by atoms with Gasteiger partial charge in [-0.1, -0.05) is 58.4 Å². The van der Waals surface area contributed by atoms with Gasteiger partial charge in [-0.2, -0.15) is 0 Å². The molecule has 4 N–H and O–H groups in total. The number of aliphatic carboxylic acids is 1. The molecule has 4 rings (SSSR count). The van der Waals surface area contributed by atoms with Crippen LogP contribution in [-0.2, 0) is 4.79 Å². The molecule has 4 aliphatic rings. The van der Waals surface area contributed by atoms with E-state index in [0.717, 1.165) is 31.3 Å². The van der Waals surface area contributed by atoms with Crippen LogP contribution in [0.2, 0.25) is 0 Å². The maximum absolute atomic E-state index is 12.5. The van der Waals surface area contributed by atoms with Gasteiger partial charge in [0.25, 0.3) is 0 Å². The molecule has 196 valence electrons. The van der Waals surface area contributed by atoms with Gasteiger partial charge in [0.2, 0.25) is 0 Å². The molecular weight excluding hydrogens is 440 g/mol. The lowest BCUT2D eigenvalue weighted by molar-refractivity contribution is -0.148. The van der Waals surface area contributed by atoms with E-state index in [4.69, 9.17) is 0 Å². The van der Waals surface area contributed by atoms with E-state index in [1.807, 2.05) is 13.0 Å². The summed E-state index contributed by atoms with van der Waals surface area (Å²) in [5.41, 5.74) is 2.72. The zero-order valence-electron chi connectivity index (χ0n) is 22.5. The molecule has 0 aromatic heterocycles. The van der Waals surface area contributed by atoms with Crippen molar-refractivity contribution >= 4 is 5.97 Å². The van der Waals surface area contributed by atoms with Gasteiger partial charge in [0.15, 0.2) is 0 Å². The summed E-state index contributed by atoms with van der Waals surface area (Å²) >= 11 is 0. The second-order valence-corrected chi connectivity index (χ2v) is 13.3. The van der Waals surface area contributed by atoms with Gasteiger partial charge in [0.1, 0.15) is 0 Å². The van der Waals surface area contributed by atoms with Gasteiger partial charge in [0, 0.05) is 11.3 Å². The molecule has 0 spiro atoms. The molecule has 0 radical (unpaired) electrons. The second-order valence-electron chi connectivity index (χ2n) is 13.3. The lowest BCUT2D eigenvalue weighted by Gasteiger charge is -2.61. The van der Waals surface area contributed by atoms with Gasteiger partial charge < -0.3 is 20.4 Å². The van der Waals surface area contributed by atoms with Crippen molar-refractivity contribution in [2.24, 2.45) is 39.4 Å². The third-order valence-electron chi connectivity index (χ3n) is 11.2. The van der Waals surface area contributed by atoms with Crippen molar-refractivity contribution in [2.45, 2.75) is 98.7 Å². The van der Waals surface area contributed by atoms with Gasteiger partial charge in [-0.15, -0.1) is 0 Å². The Hall–Kier alpha value is -1.43. The Morgan fingerprint density at radius 3 is 2.46 bits per heavy atom. The van der Waals surface area contributed by atoms with E-state index in [0.29, 0.717) is 25.2 Å². The molecule has 1 unspecified atom stereocenters. The molecule has 0 heterocycles. The predicted molar refractivity (Wildman–Crippen MR) is 138 cm³/mol. The number of aliphatic hydroxyl groups excluding tert-OH is 3. The molecular formula is C30H46O5. The minimum atomic E-state index is -0.836. The van der Waals surface area contributed by atoms with E-state index >= 15 is 0 Å². The molecule has 35 heavy (non-hydrogen) atoms. The summed E-state index contributed by atoms with van der Waals surface area (Å²) in [4.78, 5) is 12.5. The zero-order valence-corrected chi connectivity index (χ0v) is 22.5. The number of fused-ring (bicyclic) bond motifs is 5. The highest BCUT2D eigenvalue weighted by molar-refractivity contribution is 5.71. The quantitative estimate of drug-likeness (QED) is 0.384. The highest BCUT2D eigenvalue weighted by Crippen LogP contribution is 2.71. The molecule has 0 aliphatic heterocycles. The summed E-state index contributed by atoms with van der Waals surface area (Å²) in [6, 6.07) is 0. The normalized spacial score (nSPS) is 43.4. The Kier molecular flexibility index (Phi) is 6.73. The zero-order chi connectivity index (χ0) is 26.0. The van der Waals surface area contributed by atoms with E-state index in [9.17, 15) is 25.2 Å². The van der Waals surface area contributed by atoms with Crippen molar-refractivity contribution in [2.75, 3.05) is 6.61 Å². The van der Waals surface area contributed by atoms with E-state index in [1.165, 1.54) is 11.1 Å². The van der Waals surface area contributed by atoms with Gasteiger partial charge in [-0.05, 0) is 85.2 Å². The monoisotopic (exact) mass is 486 g/mol. The Bertz CT molecular complexity index is 960. The third kappa shape index (κ3) is 3.79. The average molecular weight is 487 g/mol. The van der Waals surface area contributed by atoms with Crippen molar-refractivity contribution in [3.8, 4) is 0 Å². The van der Waals surface area contributed by atoms with Crippen LogP contribution in [0.15, 0.2) is 34.9 Å².